The normalized spacial score (nSPS) is 32.1. The van der Waals surface area contributed by atoms with Crippen LogP contribution in [0, 0.1) is 5.92 Å². The summed E-state index contributed by atoms with van der Waals surface area (Å²) in [7, 11) is 0. The highest BCUT2D eigenvalue weighted by atomic mass is 16.2. The predicted octanol–water partition coefficient (Wildman–Crippen LogP) is 2.35. The quantitative estimate of drug-likeness (QED) is 0.887. The van der Waals surface area contributed by atoms with Crippen molar-refractivity contribution < 1.29 is 4.79 Å². The average molecular weight is 272 g/mol. The van der Waals surface area contributed by atoms with Crippen LogP contribution in [-0.4, -0.2) is 18.0 Å². The molecule has 2 aliphatic carbocycles. The monoisotopic (exact) mass is 272 g/mol. The highest BCUT2D eigenvalue weighted by Gasteiger charge is 2.41. The summed E-state index contributed by atoms with van der Waals surface area (Å²) in [4.78, 5) is 12.6. The lowest BCUT2D eigenvalue weighted by molar-refractivity contribution is -0.126. The molecule has 1 fully saturated rings. The number of rotatable bonds is 3. The molecule has 3 rings (SSSR count). The summed E-state index contributed by atoms with van der Waals surface area (Å²) in [6, 6.07) is 8.24. The van der Waals surface area contributed by atoms with Crippen molar-refractivity contribution in [2.75, 3.05) is 6.54 Å². The molecule has 2 aliphatic rings. The van der Waals surface area contributed by atoms with Crippen molar-refractivity contribution in [1.29, 1.82) is 0 Å². The number of carbonyl (C=O) groups is 1. The molecular weight excluding hydrogens is 248 g/mol. The molecule has 3 heteroatoms. The van der Waals surface area contributed by atoms with Crippen LogP contribution in [0.4, 0.5) is 0 Å². The van der Waals surface area contributed by atoms with Gasteiger partial charge in [-0.15, -0.1) is 0 Å². The zero-order valence-corrected chi connectivity index (χ0v) is 12.2. The Morgan fingerprint density at radius 3 is 2.90 bits per heavy atom. The van der Waals surface area contributed by atoms with Gasteiger partial charge < -0.3 is 11.1 Å². The number of amides is 1. The van der Waals surface area contributed by atoms with Gasteiger partial charge in [-0.1, -0.05) is 44.0 Å². The maximum Gasteiger partial charge on any atom is 0.228 e. The van der Waals surface area contributed by atoms with Crippen molar-refractivity contribution in [2.45, 2.75) is 50.5 Å². The fourth-order valence-corrected chi connectivity index (χ4v) is 3.78. The highest BCUT2D eigenvalue weighted by Crippen LogP contribution is 2.37. The SMILES string of the molecule is CC1CCCCC1(CN)NC(=O)C1Cc2ccccc21. The minimum atomic E-state index is -0.181. The van der Waals surface area contributed by atoms with E-state index in [0.29, 0.717) is 12.5 Å². The topological polar surface area (TPSA) is 55.1 Å². The van der Waals surface area contributed by atoms with Crippen LogP contribution in [0.25, 0.3) is 0 Å². The van der Waals surface area contributed by atoms with Crippen molar-refractivity contribution in [1.82, 2.24) is 5.32 Å². The largest absolute Gasteiger partial charge is 0.349 e. The Morgan fingerprint density at radius 1 is 1.40 bits per heavy atom. The number of benzene rings is 1. The Kier molecular flexibility index (Phi) is 3.55. The van der Waals surface area contributed by atoms with E-state index < -0.39 is 0 Å². The summed E-state index contributed by atoms with van der Waals surface area (Å²) in [5.41, 5.74) is 8.34. The third-order valence-corrected chi connectivity index (χ3v) is 5.36. The summed E-state index contributed by atoms with van der Waals surface area (Å²) in [6.07, 6.45) is 5.48. The second kappa shape index (κ2) is 5.21. The minimum Gasteiger partial charge on any atom is -0.349 e. The van der Waals surface area contributed by atoms with E-state index in [-0.39, 0.29) is 17.4 Å². The van der Waals surface area contributed by atoms with E-state index in [1.165, 1.54) is 30.4 Å². The van der Waals surface area contributed by atoms with Crippen LogP contribution in [0.3, 0.4) is 0 Å². The van der Waals surface area contributed by atoms with Crippen LogP contribution >= 0.6 is 0 Å². The second-order valence-corrected chi connectivity index (χ2v) is 6.45. The van der Waals surface area contributed by atoms with Crippen molar-refractivity contribution >= 4 is 5.91 Å². The van der Waals surface area contributed by atoms with Gasteiger partial charge in [-0.05, 0) is 36.3 Å². The lowest BCUT2D eigenvalue weighted by Gasteiger charge is -2.44. The van der Waals surface area contributed by atoms with Crippen LogP contribution < -0.4 is 11.1 Å². The van der Waals surface area contributed by atoms with Crippen LogP contribution in [0.15, 0.2) is 24.3 Å². The summed E-state index contributed by atoms with van der Waals surface area (Å²) >= 11 is 0. The van der Waals surface area contributed by atoms with Crippen LogP contribution in [0.2, 0.25) is 0 Å². The molecule has 0 radical (unpaired) electrons. The molecule has 0 bridgehead atoms. The Labute approximate surface area is 120 Å². The van der Waals surface area contributed by atoms with E-state index in [9.17, 15) is 4.79 Å². The summed E-state index contributed by atoms with van der Waals surface area (Å²) in [5.74, 6) is 0.673. The van der Waals surface area contributed by atoms with Gasteiger partial charge in [-0.2, -0.15) is 0 Å². The van der Waals surface area contributed by atoms with Gasteiger partial charge in [0.15, 0.2) is 0 Å². The van der Waals surface area contributed by atoms with Gasteiger partial charge in [0.1, 0.15) is 0 Å². The van der Waals surface area contributed by atoms with Crippen LogP contribution in [0.5, 0.6) is 0 Å². The maximum absolute atomic E-state index is 12.6. The minimum absolute atomic E-state index is 0.0313. The summed E-state index contributed by atoms with van der Waals surface area (Å²) in [6.45, 7) is 2.77. The molecule has 3 atom stereocenters. The second-order valence-electron chi connectivity index (χ2n) is 6.45. The lowest BCUT2D eigenvalue weighted by atomic mass is 9.72. The Bertz CT molecular complexity index is 513. The fraction of sp³-hybridized carbons (Fsp3) is 0.588. The molecule has 3 unspecified atom stereocenters. The van der Waals surface area contributed by atoms with Gasteiger partial charge in [-0.25, -0.2) is 0 Å². The molecule has 1 aromatic rings. The molecule has 1 saturated carbocycles. The van der Waals surface area contributed by atoms with Crippen molar-refractivity contribution in [3.05, 3.63) is 35.4 Å². The molecule has 0 aliphatic heterocycles. The fourth-order valence-electron chi connectivity index (χ4n) is 3.78. The third kappa shape index (κ3) is 2.14. The third-order valence-electron chi connectivity index (χ3n) is 5.36. The van der Waals surface area contributed by atoms with E-state index in [4.69, 9.17) is 5.73 Å². The van der Waals surface area contributed by atoms with Gasteiger partial charge in [0, 0.05) is 6.54 Å². The zero-order chi connectivity index (χ0) is 14.2. The average Bonchev–Trinajstić information content (AvgIpc) is 2.43. The number of nitrogens with one attached hydrogen (secondary N) is 1. The first-order valence-electron chi connectivity index (χ1n) is 7.76. The number of nitrogens with two attached hydrogens (primary N) is 1. The molecule has 0 heterocycles. The maximum atomic E-state index is 12.6. The smallest absolute Gasteiger partial charge is 0.228 e. The van der Waals surface area contributed by atoms with Gasteiger partial charge >= 0.3 is 0 Å². The molecule has 0 saturated heterocycles. The van der Waals surface area contributed by atoms with E-state index in [1.807, 2.05) is 12.1 Å². The Morgan fingerprint density at radius 2 is 2.20 bits per heavy atom. The number of carbonyl (C=O) groups excluding carboxylic acids is 1. The molecule has 3 N–H and O–H groups in total. The van der Waals surface area contributed by atoms with Crippen molar-refractivity contribution in [3.63, 3.8) is 0 Å². The van der Waals surface area contributed by atoms with E-state index in [0.717, 1.165) is 12.8 Å². The van der Waals surface area contributed by atoms with Crippen LogP contribution in [-0.2, 0) is 11.2 Å². The molecule has 0 aromatic heterocycles. The first kappa shape index (κ1) is 13.6. The van der Waals surface area contributed by atoms with Gasteiger partial charge in [0.25, 0.3) is 0 Å². The Hall–Kier alpha value is -1.35. The summed E-state index contributed by atoms with van der Waals surface area (Å²) < 4.78 is 0. The molecule has 20 heavy (non-hydrogen) atoms. The zero-order valence-electron chi connectivity index (χ0n) is 12.2. The molecule has 0 spiro atoms. The molecule has 3 nitrogen and oxygen atoms in total. The first-order chi connectivity index (χ1) is 9.66. The number of fused-ring (bicyclic) bond motifs is 1. The molecule has 108 valence electrons. The molecule has 1 aromatic carbocycles. The van der Waals surface area contributed by atoms with Gasteiger partial charge in [0.2, 0.25) is 5.91 Å². The summed E-state index contributed by atoms with van der Waals surface area (Å²) in [5, 5.41) is 3.31. The van der Waals surface area contributed by atoms with E-state index in [2.05, 4.69) is 24.4 Å². The van der Waals surface area contributed by atoms with Gasteiger partial charge in [-0.3, -0.25) is 4.79 Å². The Balaban J connectivity index is 1.73. The van der Waals surface area contributed by atoms with Crippen LogP contribution in [0.1, 0.15) is 49.7 Å². The molecular formula is C17H24N2O. The number of hydrogen-bond acceptors (Lipinski definition) is 2. The lowest BCUT2D eigenvalue weighted by Crippen LogP contribution is -2.60. The number of hydrogen-bond donors (Lipinski definition) is 2. The van der Waals surface area contributed by atoms with Crippen molar-refractivity contribution in [2.24, 2.45) is 11.7 Å². The highest BCUT2D eigenvalue weighted by molar-refractivity contribution is 5.87. The first-order valence-corrected chi connectivity index (χ1v) is 7.76. The van der Waals surface area contributed by atoms with E-state index in [1.54, 1.807) is 0 Å². The predicted molar refractivity (Wildman–Crippen MR) is 80.4 cm³/mol. The van der Waals surface area contributed by atoms with Crippen molar-refractivity contribution in [3.8, 4) is 0 Å². The van der Waals surface area contributed by atoms with Gasteiger partial charge in [0.05, 0.1) is 11.5 Å². The van der Waals surface area contributed by atoms with E-state index >= 15 is 0 Å². The standard InChI is InChI=1S/C17H24N2O/c1-12-6-4-5-9-17(12,11-18)19-16(20)15-10-13-7-2-3-8-14(13)15/h2-3,7-8,12,15H,4-6,9-11,18H2,1H3,(H,19,20). The molecule has 1 amide bonds.